The van der Waals surface area contributed by atoms with Crippen LogP contribution in [0, 0.1) is 0 Å². The summed E-state index contributed by atoms with van der Waals surface area (Å²) in [5.41, 5.74) is 2.00. The summed E-state index contributed by atoms with van der Waals surface area (Å²) < 4.78 is 0. The van der Waals surface area contributed by atoms with Crippen LogP contribution in [-0.4, -0.2) is 22.9 Å². The van der Waals surface area contributed by atoms with Crippen LogP contribution >= 0.6 is 0 Å². The number of hydrogen-bond donors (Lipinski definition) is 2. The summed E-state index contributed by atoms with van der Waals surface area (Å²) in [6, 6.07) is 7.25. The molecule has 0 fully saturated rings. The van der Waals surface area contributed by atoms with Gasteiger partial charge in [0.2, 0.25) is 0 Å². The van der Waals surface area contributed by atoms with Crippen LogP contribution in [-0.2, 0) is 16.0 Å². The summed E-state index contributed by atoms with van der Waals surface area (Å²) in [5, 5.41) is 11.5. The molecule has 2 rings (SSSR count). The molecule has 1 aromatic rings. The van der Waals surface area contributed by atoms with E-state index in [1.54, 1.807) is 0 Å². The second-order valence-electron chi connectivity index (χ2n) is 3.60. The Bertz CT molecular complexity index is 389. The number of hydrogen-bond acceptors (Lipinski definition) is 3. The van der Waals surface area contributed by atoms with Crippen molar-refractivity contribution in [1.29, 1.82) is 0 Å². The van der Waals surface area contributed by atoms with E-state index in [2.05, 4.69) is 5.32 Å². The van der Waals surface area contributed by atoms with Crippen molar-refractivity contribution in [2.75, 3.05) is 5.32 Å². The fourth-order valence-electron chi connectivity index (χ4n) is 1.76. The maximum atomic E-state index is 11.5. The number of carbonyl (C=O) groups is 2. The largest absolute Gasteiger partial charge is 0.481 e. The Labute approximate surface area is 86.9 Å². The van der Waals surface area contributed by atoms with Gasteiger partial charge in [0.15, 0.2) is 5.78 Å². The van der Waals surface area contributed by atoms with Crippen molar-refractivity contribution < 1.29 is 14.7 Å². The van der Waals surface area contributed by atoms with Crippen LogP contribution in [0.2, 0.25) is 0 Å². The maximum Gasteiger partial charge on any atom is 0.310 e. The fraction of sp³-hybridized carbons (Fsp3) is 0.273. The predicted molar refractivity (Wildman–Crippen MR) is 54.8 cm³/mol. The molecule has 78 valence electrons. The van der Waals surface area contributed by atoms with Crippen molar-refractivity contribution in [3.05, 3.63) is 29.8 Å². The molecule has 4 heteroatoms. The minimum absolute atomic E-state index is 0.265. The van der Waals surface area contributed by atoms with Crippen LogP contribution in [0.5, 0.6) is 0 Å². The van der Waals surface area contributed by atoms with Crippen molar-refractivity contribution >= 4 is 17.4 Å². The van der Waals surface area contributed by atoms with Gasteiger partial charge in [-0.2, -0.15) is 0 Å². The monoisotopic (exact) mass is 205 g/mol. The molecule has 0 aromatic heterocycles. The summed E-state index contributed by atoms with van der Waals surface area (Å²) in [5.74, 6) is -1.34. The lowest BCUT2D eigenvalue weighted by Gasteiger charge is -2.07. The van der Waals surface area contributed by atoms with E-state index in [0.717, 1.165) is 11.3 Å². The summed E-state index contributed by atoms with van der Waals surface area (Å²) in [6.45, 7) is 0. The molecule has 1 aliphatic rings. The average Bonchev–Trinajstić information content (AvgIpc) is 2.59. The van der Waals surface area contributed by atoms with Gasteiger partial charge >= 0.3 is 5.97 Å². The van der Waals surface area contributed by atoms with E-state index in [-0.39, 0.29) is 11.8 Å². The number of para-hydroxylation sites is 1. The minimum Gasteiger partial charge on any atom is -0.481 e. The van der Waals surface area contributed by atoms with Gasteiger partial charge in [0, 0.05) is 12.1 Å². The van der Waals surface area contributed by atoms with Gasteiger partial charge in [-0.05, 0) is 11.6 Å². The Morgan fingerprint density at radius 3 is 2.80 bits per heavy atom. The van der Waals surface area contributed by atoms with Crippen LogP contribution in [0.15, 0.2) is 24.3 Å². The Hall–Kier alpha value is -1.84. The first kappa shape index (κ1) is 9.71. The summed E-state index contributed by atoms with van der Waals surface area (Å²) >= 11 is 0. The third-order valence-corrected chi connectivity index (χ3v) is 2.49. The predicted octanol–water partition coefficient (Wildman–Crippen LogP) is 1.07. The molecule has 0 amide bonds. The minimum atomic E-state index is -1.07. The maximum absolute atomic E-state index is 11.5. The summed E-state index contributed by atoms with van der Waals surface area (Å²) in [6.07, 6.45) is 0.175. The van der Waals surface area contributed by atoms with Crippen molar-refractivity contribution in [3.63, 3.8) is 0 Å². The molecule has 1 unspecified atom stereocenters. The molecule has 0 radical (unpaired) electrons. The zero-order chi connectivity index (χ0) is 10.8. The smallest absolute Gasteiger partial charge is 0.310 e. The number of aliphatic carboxylic acids is 1. The molecule has 0 bridgehead atoms. The lowest BCUT2D eigenvalue weighted by Crippen LogP contribution is -2.28. The number of fused-ring (bicyclic) bond motifs is 1. The number of carbonyl (C=O) groups excluding carboxylic acids is 1. The number of nitrogens with one attached hydrogen (secondary N) is 1. The number of rotatable bonds is 3. The van der Waals surface area contributed by atoms with Gasteiger partial charge in [0.05, 0.1) is 6.04 Å². The van der Waals surface area contributed by atoms with Crippen LogP contribution < -0.4 is 5.32 Å². The highest BCUT2D eigenvalue weighted by Gasteiger charge is 2.27. The van der Waals surface area contributed by atoms with E-state index in [4.69, 9.17) is 5.11 Å². The van der Waals surface area contributed by atoms with Crippen molar-refractivity contribution in [3.8, 4) is 0 Å². The molecular weight excluding hydrogens is 194 g/mol. The van der Waals surface area contributed by atoms with E-state index >= 15 is 0 Å². The van der Waals surface area contributed by atoms with Crippen LogP contribution in [0.1, 0.15) is 12.0 Å². The van der Waals surface area contributed by atoms with E-state index in [1.165, 1.54) is 0 Å². The zero-order valence-corrected chi connectivity index (χ0v) is 8.06. The highest BCUT2D eigenvalue weighted by Crippen LogP contribution is 2.25. The topological polar surface area (TPSA) is 66.4 Å². The molecule has 1 aliphatic heterocycles. The Balaban J connectivity index is 2.07. The number of benzene rings is 1. The van der Waals surface area contributed by atoms with E-state index in [0.29, 0.717) is 6.42 Å². The SMILES string of the molecule is O=C(O)CC(=O)C1Cc2ccccc2N1. The van der Waals surface area contributed by atoms with Crippen molar-refractivity contribution in [2.24, 2.45) is 0 Å². The molecule has 0 saturated heterocycles. The lowest BCUT2D eigenvalue weighted by molar-refractivity contribution is -0.140. The average molecular weight is 205 g/mol. The van der Waals surface area contributed by atoms with Gasteiger partial charge in [-0.15, -0.1) is 0 Å². The zero-order valence-electron chi connectivity index (χ0n) is 8.06. The number of carboxylic acid groups (broad SMARTS) is 1. The van der Waals surface area contributed by atoms with Gasteiger partial charge in [-0.25, -0.2) is 0 Å². The Morgan fingerprint density at radius 2 is 2.13 bits per heavy atom. The molecule has 4 nitrogen and oxygen atoms in total. The second kappa shape index (κ2) is 3.73. The molecule has 1 atom stereocenters. The molecule has 0 spiro atoms. The molecule has 1 aromatic carbocycles. The van der Waals surface area contributed by atoms with Gasteiger partial charge in [0.1, 0.15) is 6.42 Å². The lowest BCUT2D eigenvalue weighted by atomic mass is 10.1. The van der Waals surface area contributed by atoms with Crippen LogP contribution in [0.4, 0.5) is 5.69 Å². The highest BCUT2D eigenvalue weighted by molar-refractivity contribution is 6.00. The highest BCUT2D eigenvalue weighted by atomic mass is 16.4. The first-order chi connectivity index (χ1) is 7.16. The normalized spacial score (nSPS) is 18.0. The molecule has 15 heavy (non-hydrogen) atoms. The Morgan fingerprint density at radius 1 is 1.40 bits per heavy atom. The first-order valence-corrected chi connectivity index (χ1v) is 4.76. The molecule has 0 saturated carbocycles. The van der Waals surface area contributed by atoms with E-state index in [9.17, 15) is 9.59 Å². The van der Waals surface area contributed by atoms with Gasteiger partial charge in [-0.3, -0.25) is 9.59 Å². The van der Waals surface area contributed by atoms with Gasteiger partial charge < -0.3 is 10.4 Å². The number of carboxylic acids is 1. The van der Waals surface area contributed by atoms with Gasteiger partial charge in [-0.1, -0.05) is 18.2 Å². The third-order valence-electron chi connectivity index (χ3n) is 2.49. The van der Waals surface area contributed by atoms with Crippen molar-refractivity contribution in [2.45, 2.75) is 18.9 Å². The fourth-order valence-corrected chi connectivity index (χ4v) is 1.76. The molecule has 0 aliphatic carbocycles. The number of ketones is 1. The number of Topliss-reactive ketones (excluding diaryl/α,β-unsaturated/α-hetero) is 1. The van der Waals surface area contributed by atoms with E-state index < -0.39 is 12.4 Å². The number of anilines is 1. The standard InChI is InChI=1S/C11H11NO3/c13-10(6-11(14)15)9-5-7-3-1-2-4-8(7)12-9/h1-4,9,12H,5-6H2,(H,14,15). The van der Waals surface area contributed by atoms with Gasteiger partial charge in [0.25, 0.3) is 0 Å². The van der Waals surface area contributed by atoms with Crippen LogP contribution in [0.25, 0.3) is 0 Å². The molecule has 2 N–H and O–H groups in total. The Kier molecular flexibility index (Phi) is 2.41. The van der Waals surface area contributed by atoms with Crippen molar-refractivity contribution in [1.82, 2.24) is 0 Å². The quantitative estimate of drug-likeness (QED) is 0.724. The summed E-state index contributed by atoms with van der Waals surface area (Å²) in [7, 11) is 0. The summed E-state index contributed by atoms with van der Waals surface area (Å²) in [4.78, 5) is 21.9. The molecule has 1 heterocycles. The molecular formula is C11H11NO3. The van der Waals surface area contributed by atoms with E-state index in [1.807, 2.05) is 24.3 Å². The third kappa shape index (κ3) is 1.98. The van der Waals surface area contributed by atoms with Crippen LogP contribution in [0.3, 0.4) is 0 Å². The first-order valence-electron chi connectivity index (χ1n) is 4.76. The second-order valence-corrected chi connectivity index (χ2v) is 3.60.